The van der Waals surface area contributed by atoms with Crippen LogP contribution in [0.3, 0.4) is 0 Å². The molecule has 5 heteroatoms. The van der Waals surface area contributed by atoms with Crippen molar-refractivity contribution in [2.24, 2.45) is 5.73 Å². The van der Waals surface area contributed by atoms with Crippen LogP contribution in [0.1, 0.15) is 33.3 Å². The molecule has 0 aliphatic heterocycles. The largest absolute Gasteiger partial charge is 0.493 e. The summed E-state index contributed by atoms with van der Waals surface area (Å²) in [5.41, 5.74) is 7.38. The first-order valence-electron chi connectivity index (χ1n) is 7.52. The summed E-state index contributed by atoms with van der Waals surface area (Å²) in [5.74, 6) is 0.750. The molecule has 22 heavy (non-hydrogen) atoms. The molecule has 2 N–H and O–H groups in total. The molecule has 0 amide bonds. The molecule has 1 aromatic carbocycles. The number of ether oxygens (including phenoxy) is 1. The number of benzene rings is 1. The minimum Gasteiger partial charge on any atom is -0.493 e. The van der Waals surface area contributed by atoms with E-state index in [1.54, 1.807) is 6.07 Å². The van der Waals surface area contributed by atoms with Gasteiger partial charge in [0.15, 0.2) is 0 Å². The smallest absolute Gasteiger partial charge is 0.271 e. The Labute approximate surface area is 130 Å². The van der Waals surface area contributed by atoms with E-state index in [9.17, 15) is 4.79 Å². The Balaban J connectivity index is 2.69. The number of rotatable bonds is 5. The highest BCUT2D eigenvalue weighted by Crippen LogP contribution is 2.29. The predicted octanol–water partition coefficient (Wildman–Crippen LogP) is 2.52. The first-order chi connectivity index (χ1) is 10.4. The lowest BCUT2D eigenvalue weighted by atomic mass is 9.95. The first kappa shape index (κ1) is 16.2. The lowest BCUT2D eigenvalue weighted by molar-refractivity contribution is 0.341. The summed E-state index contributed by atoms with van der Waals surface area (Å²) in [4.78, 5) is 12.4. The van der Waals surface area contributed by atoms with Gasteiger partial charge in [0.25, 0.3) is 5.56 Å². The highest BCUT2D eigenvalue weighted by molar-refractivity contribution is 5.67. The normalized spacial score (nSPS) is 11.5. The first-order valence-corrected chi connectivity index (χ1v) is 7.52. The number of nitrogens with zero attached hydrogens (tertiary/aromatic N) is 2. The number of nitrogens with two attached hydrogens (primary N) is 1. The molecule has 0 aliphatic rings. The zero-order chi connectivity index (χ0) is 16.3. The number of hydrogen-bond acceptors (Lipinski definition) is 4. The zero-order valence-electron chi connectivity index (χ0n) is 13.6. The van der Waals surface area contributed by atoms with Gasteiger partial charge in [-0.25, -0.2) is 4.68 Å². The molecule has 118 valence electrons. The maximum atomic E-state index is 12.4. The number of aryl methyl sites for hydroxylation is 1. The lowest BCUT2D eigenvalue weighted by Gasteiger charge is -2.20. The van der Waals surface area contributed by atoms with Crippen LogP contribution in [0.4, 0.5) is 0 Å². The fourth-order valence-corrected chi connectivity index (χ4v) is 2.31. The van der Waals surface area contributed by atoms with Crippen molar-refractivity contribution in [2.75, 3.05) is 6.61 Å². The van der Waals surface area contributed by atoms with Gasteiger partial charge in [-0.2, -0.15) is 5.10 Å². The van der Waals surface area contributed by atoms with E-state index >= 15 is 0 Å². The third-order valence-electron chi connectivity index (χ3n) is 3.43. The molecule has 2 rings (SSSR count). The van der Waals surface area contributed by atoms with Crippen molar-refractivity contribution in [3.05, 3.63) is 46.2 Å². The van der Waals surface area contributed by atoms with Gasteiger partial charge in [0.2, 0.25) is 0 Å². The van der Waals surface area contributed by atoms with Crippen LogP contribution in [0.2, 0.25) is 0 Å². The Morgan fingerprint density at radius 3 is 2.55 bits per heavy atom. The fraction of sp³-hybridized carbons (Fsp3) is 0.412. The highest BCUT2D eigenvalue weighted by Gasteiger charge is 2.22. The van der Waals surface area contributed by atoms with Gasteiger partial charge in [-0.1, -0.05) is 12.1 Å². The predicted molar refractivity (Wildman–Crippen MR) is 88.0 cm³/mol. The topological polar surface area (TPSA) is 70.1 Å². The van der Waals surface area contributed by atoms with E-state index in [4.69, 9.17) is 10.5 Å². The number of aromatic nitrogens is 2. The summed E-state index contributed by atoms with van der Waals surface area (Å²) in [7, 11) is 0. The van der Waals surface area contributed by atoms with Crippen LogP contribution in [-0.2, 0) is 12.1 Å². The Hall–Kier alpha value is -2.14. The van der Waals surface area contributed by atoms with E-state index < -0.39 is 5.54 Å². The third-order valence-corrected chi connectivity index (χ3v) is 3.43. The summed E-state index contributed by atoms with van der Waals surface area (Å²) in [5, 5.41) is 4.45. The average molecular weight is 301 g/mol. The van der Waals surface area contributed by atoms with Gasteiger partial charge in [0, 0.05) is 23.2 Å². The molecule has 0 aliphatic carbocycles. The second kappa shape index (κ2) is 6.32. The van der Waals surface area contributed by atoms with Gasteiger partial charge in [0.05, 0.1) is 12.3 Å². The van der Waals surface area contributed by atoms with E-state index in [-0.39, 0.29) is 5.56 Å². The molecular formula is C17H23N3O2. The van der Waals surface area contributed by atoms with Gasteiger partial charge >= 0.3 is 0 Å². The van der Waals surface area contributed by atoms with Crippen molar-refractivity contribution >= 4 is 0 Å². The van der Waals surface area contributed by atoms with Crippen LogP contribution in [-0.4, -0.2) is 16.4 Å². The average Bonchev–Trinajstić information content (AvgIpc) is 2.47. The molecule has 0 fully saturated rings. The van der Waals surface area contributed by atoms with Crippen molar-refractivity contribution in [2.45, 2.75) is 39.8 Å². The van der Waals surface area contributed by atoms with Crippen LogP contribution in [0.15, 0.2) is 35.1 Å². The summed E-state index contributed by atoms with van der Waals surface area (Å²) < 4.78 is 7.11. The van der Waals surface area contributed by atoms with Gasteiger partial charge in [0.1, 0.15) is 5.75 Å². The molecule has 2 aromatic rings. The van der Waals surface area contributed by atoms with Crippen LogP contribution >= 0.6 is 0 Å². The van der Waals surface area contributed by atoms with Gasteiger partial charge in [-0.05, 0) is 45.9 Å². The Kier molecular flexibility index (Phi) is 4.66. The lowest BCUT2D eigenvalue weighted by Crippen LogP contribution is -2.39. The van der Waals surface area contributed by atoms with Crippen molar-refractivity contribution in [1.29, 1.82) is 0 Å². The summed E-state index contributed by atoms with van der Waals surface area (Å²) in [6.07, 6.45) is 0. The molecule has 0 spiro atoms. The minimum atomic E-state index is -0.730. The van der Waals surface area contributed by atoms with Gasteiger partial charge in [-0.3, -0.25) is 4.79 Å². The van der Waals surface area contributed by atoms with E-state index in [0.717, 1.165) is 11.3 Å². The van der Waals surface area contributed by atoms with E-state index in [1.165, 1.54) is 4.68 Å². The molecule has 0 atom stereocenters. The van der Waals surface area contributed by atoms with Crippen molar-refractivity contribution in [3.8, 4) is 17.0 Å². The van der Waals surface area contributed by atoms with Crippen LogP contribution in [0, 0.1) is 0 Å². The van der Waals surface area contributed by atoms with Crippen LogP contribution in [0.25, 0.3) is 11.3 Å². The van der Waals surface area contributed by atoms with Crippen LogP contribution < -0.4 is 16.0 Å². The van der Waals surface area contributed by atoms with Gasteiger partial charge < -0.3 is 10.5 Å². The SMILES string of the molecule is CCOc1ccccc1-c1cc(C(C)(C)N)c(=O)n(CC)n1. The molecular weight excluding hydrogens is 278 g/mol. The number of para-hydroxylation sites is 1. The molecule has 0 unspecified atom stereocenters. The molecule has 0 bridgehead atoms. The van der Waals surface area contributed by atoms with Crippen molar-refractivity contribution in [1.82, 2.24) is 9.78 Å². The van der Waals surface area contributed by atoms with Crippen LogP contribution in [0.5, 0.6) is 5.75 Å². The Morgan fingerprint density at radius 1 is 1.27 bits per heavy atom. The maximum absolute atomic E-state index is 12.4. The molecule has 0 saturated carbocycles. The zero-order valence-corrected chi connectivity index (χ0v) is 13.6. The molecule has 5 nitrogen and oxygen atoms in total. The van der Waals surface area contributed by atoms with Crippen molar-refractivity contribution in [3.63, 3.8) is 0 Å². The van der Waals surface area contributed by atoms with E-state index in [2.05, 4.69) is 5.10 Å². The minimum absolute atomic E-state index is 0.146. The quantitative estimate of drug-likeness (QED) is 0.921. The molecule has 0 saturated heterocycles. The summed E-state index contributed by atoms with van der Waals surface area (Å²) >= 11 is 0. The Morgan fingerprint density at radius 2 is 1.95 bits per heavy atom. The van der Waals surface area contributed by atoms with Gasteiger partial charge in [-0.15, -0.1) is 0 Å². The molecule has 1 heterocycles. The summed E-state index contributed by atoms with van der Waals surface area (Å²) in [6.45, 7) is 8.53. The van der Waals surface area contributed by atoms with Crippen molar-refractivity contribution < 1.29 is 4.74 Å². The fourth-order valence-electron chi connectivity index (χ4n) is 2.31. The summed E-state index contributed by atoms with van der Waals surface area (Å²) in [6, 6.07) is 9.44. The monoisotopic (exact) mass is 301 g/mol. The maximum Gasteiger partial charge on any atom is 0.271 e. The van der Waals surface area contributed by atoms with E-state index in [1.807, 2.05) is 52.0 Å². The van der Waals surface area contributed by atoms with E-state index in [0.29, 0.717) is 24.4 Å². The number of hydrogen-bond donors (Lipinski definition) is 1. The standard InChI is InChI=1S/C17H23N3O2/c1-5-20-16(21)13(17(3,4)18)11-14(19-20)12-9-7-8-10-15(12)22-6-2/h7-11H,5-6,18H2,1-4H3. The highest BCUT2D eigenvalue weighted by atomic mass is 16.5. The second-order valence-electron chi connectivity index (χ2n) is 5.72. The molecule has 1 aromatic heterocycles. The molecule has 0 radical (unpaired) electrons. The second-order valence-corrected chi connectivity index (χ2v) is 5.72. The third kappa shape index (κ3) is 3.20. The Bertz CT molecular complexity index is 715.